The minimum absolute atomic E-state index is 0.0468. The standard InChI is InChI=1S/C31H30/c1-30(2)27-19-23-15-14-21(16-20-10-6-5-7-11-20)17-25(23)29(27)31(3,4)26-18-22-12-8-9-13-24(22)28(26)30/h5-15,17-18,28H,16,19H2,1-4H3. The molecule has 3 aromatic carbocycles. The minimum Gasteiger partial charge on any atom is -0.0622 e. The van der Waals surface area contributed by atoms with Gasteiger partial charge < -0.3 is 0 Å². The zero-order chi connectivity index (χ0) is 21.4. The molecule has 0 nitrogen and oxygen atoms in total. The molecule has 3 aromatic rings. The molecule has 1 atom stereocenters. The van der Waals surface area contributed by atoms with Crippen LogP contribution in [-0.2, 0) is 12.8 Å². The second-order valence-electron chi connectivity index (χ2n) is 10.7. The third-order valence-electron chi connectivity index (χ3n) is 8.14. The fraction of sp³-hybridized carbons (Fsp3) is 0.290. The Labute approximate surface area is 186 Å². The molecule has 0 fully saturated rings. The van der Waals surface area contributed by atoms with Gasteiger partial charge in [-0.05, 0) is 57.2 Å². The van der Waals surface area contributed by atoms with Crippen LogP contribution in [0.4, 0.5) is 0 Å². The lowest BCUT2D eigenvalue weighted by Crippen LogP contribution is -2.36. The number of hydrogen-bond acceptors (Lipinski definition) is 0. The van der Waals surface area contributed by atoms with Crippen LogP contribution in [0.25, 0.3) is 11.6 Å². The molecule has 0 radical (unpaired) electrons. The van der Waals surface area contributed by atoms with Gasteiger partial charge in [0, 0.05) is 11.3 Å². The molecule has 0 saturated heterocycles. The largest absolute Gasteiger partial charge is 0.0622 e. The first-order valence-electron chi connectivity index (χ1n) is 11.6. The zero-order valence-electron chi connectivity index (χ0n) is 19.0. The fourth-order valence-electron chi connectivity index (χ4n) is 6.62. The molecule has 0 aromatic heterocycles. The third-order valence-corrected chi connectivity index (χ3v) is 8.14. The summed E-state index contributed by atoms with van der Waals surface area (Å²) >= 11 is 0. The van der Waals surface area contributed by atoms with Gasteiger partial charge in [0.15, 0.2) is 0 Å². The van der Waals surface area contributed by atoms with Crippen LogP contribution in [0.5, 0.6) is 0 Å². The lowest BCUT2D eigenvalue weighted by molar-refractivity contribution is 0.328. The lowest BCUT2D eigenvalue weighted by atomic mass is 9.55. The molecule has 1 unspecified atom stereocenters. The van der Waals surface area contributed by atoms with Crippen molar-refractivity contribution in [3.05, 3.63) is 117 Å². The highest BCUT2D eigenvalue weighted by Crippen LogP contribution is 2.67. The number of allylic oxidation sites excluding steroid dienone is 3. The van der Waals surface area contributed by atoms with Gasteiger partial charge in [-0.15, -0.1) is 0 Å². The van der Waals surface area contributed by atoms with Gasteiger partial charge in [-0.1, -0.05) is 118 Å². The van der Waals surface area contributed by atoms with Crippen molar-refractivity contribution >= 4 is 11.6 Å². The quantitative estimate of drug-likeness (QED) is 0.410. The van der Waals surface area contributed by atoms with E-state index in [0.29, 0.717) is 5.92 Å². The summed E-state index contributed by atoms with van der Waals surface area (Å²) in [7, 11) is 0. The van der Waals surface area contributed by atoms with Crippen LogP contribution in [0.3, 0.4) is 0 Å². The molecule has 0 spiro atoms. The van der Waals surface area contributed by atoms with E-state index in [1.807, 2.05) is 0 Å². The van der Waals surface area contributed by atoms with E-state index in [0.717, 1.165) is 12.8 Å². The van der Waals surface area contributed by atoms with Gasteiger partial charge in [-0.3, -0.25) is 0 Å². The Hall–Kier alpha value is -2.86. The summed E-state index contributed by atoms with van der Waals surface area (Å²) < 4.78 is 0. The topological polar surface area (TPSA) is 0 Å². The van der Waals surface area contributed by atoms with E-state index in [9.17, 15) is 0 Å². The van der Waals surface area contributed by atoms with Gasteiger partial charge in [0.2, 0.25) is 0 Å². The summed E-state index contributed by atoms with van der Waals surface area (Å²) in [6.07, 6.45) is 4.59. The van der Waals surface area contributed by atoms with Crippen molar-refractivity contribution in [2.75, 3.05) is 0 Å². The Morgan fingerprint density at radius 2 is 1.55 bits per heavy atom. The first-order chi connectivity index (χ1) is 14.9. The number of fused-ring (bicyclic) bond motifs is 5. The molecule has 0 saturated carbocycles. The zero-order valence-corrected chi connectivity index (χ0v) is 19.0. The van der Waals surface area contributed by atoms with Crippen LogP contribution < -0.4 is 0 Å². The lowest BCUT2D eigenvalue weighted by Gasteiger charge is -2.48. The van der Waals surface area contributed by atoms with Crippen molar-refractivity contribution in [3.63, 3.8) is 0 Å². The van der Waals surface area contributed by atoms with E-state index in [1.54, 1.807) is 16.7 Å². The number of hydrogen-bond donors (Lipinski definition) is 0. The van der Waals surface area contributed by atoms with E-state index in [-0.39, 0.29) is 10.8 Å². The summed E-state index contributed by atoms with van der Waals surface area (Å²) in [4.78, 5) is 0. The summed E-state index contributed by atoms with van der Waals surface area (Å²) in [6.45, 7) is 9.88. The van der Waals surface area contributed by atoms with Crippen molar-refractivity contribution in [3.8, 4) is 0 Å². The SMILES string of the molecule is CC1(C)C2=Cc3ccccc3C2C(C)(C)C2=C1c1cc(Cc3ccccc3)ccc1C2. The second-order valence-corrected chi connectivity index (χ2v) is 10.7. The van der Waals surface area contributed by atoms with Crippen LogP contribution >= 0.6 is 0 Å². The first kappa shape index (κ1) is 18.9. The van der Waals surface area contributed by atoms with Crippen molar-refractivity contribution in [1.29, 1.82) is 0 Å². The molecule has 3 aliphatic carbocycles. The Morgan fingerprint density at radius 3 is 2.35 bits per heavy atom. The minimum atomic E-state index is 0.0468. The maximum absolute atomic E-state index is 2.50. The predicted octanol–water partition coefficient (Wildman–Crippen LogP) is 7.83. The van der Waals surface area contributed by atoms with Gasteiger partial charge in [-0.2, -0.15) is 0 Å². The highest BCUT2D eigenvalue weighted by molar-refractivity contribution is 5.88. The smallest absolute Gasteiger partial charge is 0.0155 e. The molecular weight excluding hydrogens is 372 g/mol. The van der Waals surface area contributed by atoms with Gasteiger partial charge >= 0.3 is 0 Å². The average Bonchev–Trinajstić information content (AvgIpc) is 3.34. The summed E-state index contributed by atoms with van der Waals surface area (Å²) in [5, 5.41) is 0. The summed E-state index contributed by atoms with van der Waals surface area (Å²) in [5.74, 6) is 0.482. The molecule has 6 rings (SSSR count). The molecule has 0 N–H and O–H groups in total. The molecule has 154 valence electrons. The second kappa shape index (κ2) is 6.33. The third kappa shape index (κ3) is 2.61. The van der Waals surface area contributed by atoms with E-state index >= 15 is 0 Å². The van der Waals surface area contributed by atoms with Crippen LogP contribution in [0, 0.1) is 10.8 Å². The van der Waals surface area contributed by atoms with Crippen LogP contribution in [0.15, 0.2) is 83.9 Å². The van der Waals surface area contributed by atoms with E-state index < -0.39 is 0 Å². The Kier molecular flexibility index (Phi) is 3.85. The highest BCUT2D eigenvalue weighted by Gasteiger charge is 2.53. The molecule has 0 aliphatic heterocycles. The van der Waals surface area contributed by atoms with E-state index in [2.05, 4.69) is 107 Å². The highest BCUT2D eigenvalue weighted by atomic mass is 14.6. The molecule has 3 aliphatic rings. The molecule has 0 heterocycles. The van der Waals surface area contributed by atoms with Crippen LogP contribution in [0.1, 0.15) is 67.0 Å². The monoisotopic (exact) mass is 402 g/mol. The fourth-order valence-corrected chi connectivity index (χ4v) is 6.62. The van der Waals surface area contributed by atoms with Crippen molar-refractivity contribution in [2.24, 2.45) is 10.8 Å². The normalized spacial score (nSPS) is 21.8. The van der Waals surface area contributed by atoms with Crippen molar-refractivity contribution < 1.29 is 0 Å². The Bertz CT molecular complexity index is 1260. The van der Waals surface area contributed by atoms with E-state index in [4.69, 9.17) is 0 Å². The maximum atomic E-state index is 2.50. The molecule has 0 heteroatoms. The Balaban J connectivity index is 1.50. The predicted molar refractivity (Wildman–Crippen MR) is 131 cm³/mol. The van der Waals surface area contributed by atoms with Crippen molar-refractivity contribution in [2.45, 2.75) is 46.5 Å². The summed E-state index contributed by atoms with van der Waals surface area (Å²) in [6, 6.07) is 27.1. The molecule has 31 heavy (non-hydrogen) atoms. The Morgan fingerprint density at radius 1 is 0.806 bits per heavy atom. The number of rotatable bonds is 2. The van der Waals surface area contributed by atoms with Gasteiger partial charge in [0.25, 0.3) is 0 Å². The maximum Gasteiger partial charge on any atom is 0.0155 e. The first-order valence-corrected chi connectivity index (χ1v) is 11.6. The average molecular weight is 403 g/mol. The van der Waals surface area contributed by atoms with E-state index in [1.165, 1.54) is 33.4 Å². The molecule has 0 bridgehead atoms. The number of benzene rings is 3. The molecule has 0 amide bonds. The van der Waals surface area contributed by atoms with Gasteiger partial charge in [-0.25, -0.2) is 0 Å². The van der Waals surface area contributed by atoms with Crippen LogP contribution in [-0.4, -0.2) is 0 Å². The van der Waals surface area contributed by atoms with Gasteiger partial charge in [0.05, 0.1) is 0 Å². The van der Waals surface area contributed by atoms with Crippen LogP contribution in [0.2, 0.25) is 0 Å². The summed E-state index contributed by atoms with van der Waals surface area (Å²) in [5.41, 5.74) is 13.8. The van der Waals surface area contributed by atoms with Crippen molar-refractivity contribution in [1.82, 2.24) is 0 Å². The van der Waals surface area contributed by atoms with Gasteiger partial charge in [0.1, 0.15) is 0 Å². The molecular formula is C31H30.